The predicted octanol–water partition coefficient (Wildman–Crippen LogP) is 0.0921. The van der Waals surface area contributed by atoms with Crippen LogP contribution in [0.2, 0.25) is 0 Å². The fourth-order valence-electron chi connectivity index (χ4n) is 1.15. The molecule has 2 aromatic rings. The third-order valence-electron chi connectivity index (χ3n) is 1.77. The molecule has 0 aliphatic rings. The number of rotatable bonds is 3. The molecule has 0 radical (unpaired) electrons. The van der Waals surface area contributed by atoms with Crippen LogP contribution in [0.25, 0.3) is 0 Å². The molecule has 2 aromatic heterocycles. The Morgan fingerprint density at radius 1 is 1.67 bits per heavy atom. The van der Waals surface area contributed by atoms with E-state index in [0.29, 0.717) is 6.42 Å². The van der Waals surface area contributed by atoms with Crippen molar-refractivity contribution in [2.75, 3.05) is 0 Å². The third-order valence-corrected chi connectivity index (χ3v) is 1.77. The molecule has 0 atom stereocenters. The topological polar surface area (TPSA) is 94.0 Å². The fourth-order valence-corrected chi connectivity index (χ4v) is 1.15. The second-order valence-electron chi connectivity index (χ2n) is 3.02. The summed E-state index contributed by atoms with van der Waals surface area (Å²) >= 11 is 0. The Labute approximate surface area is 84.3 Å². The van der Waals surface area contributed by atoms with E-state index in [0.717, 1.165) is 5.56 Å². The lowest BCUT2D eigenvalue weighted by Gasteiger charge is -1.87. The fraction of sp³-hybridized carbons (Fsp3) is 0.250. The summed E-state index contributed by atoms with van der Waals surface area (Å²) in [5, 5.41) is 15.8. The molecule has 0 unspecified atom stereocenters. The second kappa shape index (κ2) is 3.52. The molecule has 0 spiro atoms. The average molecular weight is 208 g/mol. The van der Waals surface area contributed by atoms with Crippen LogP contribution in [-0.2, 0) is 13.5 Å². The van der Waals surface area contributed by atoms with Gasteiger partial charge in [0.15, 0.2) is 0 Å². The monoisotopic (exact) mass is 208 g/mol. The van der Waals surface area contributed by atoms with Crippen LogP contribution in [0.1, 0.15) is 22.1 Å². The van der Waals surface area contributed by atoms with Crippen molar-refractivity contribution in [2.45, 2.75) is 6.42 Å². The molecule has 0 amide bonds. The molecule has 0 fully saturated rings. The summed E-state index contributed by atoms with van der Waals surface area (Å²) in [7, 11) is 1.79. The van der Waals surface area contributed by atoms with Crippen molar-refractivity contribution in [1.82, 2.24) is 19.9 Å². The number of carboxylic acids is 1. The Kier molecular flexibility index (Phi) is 2.20. The summed E-state index contributed by atoms with van der Waals surface area (Å²) in [4.78, 5) is 14.2. The molecule has 7 nitrogen and oxygen atoms in total. The third kappa shape index (κ3) is 2.01. The molecule has 2 rings (SSSR count). The second-order valence-corrected chi connectivity index (χ2v) is 3.02. The van der Waals surface area contributed by atoms with Crippen LogP contribution in [0.3, 0.4) is 0 Å². The van der Waals surface area contributed by atoms with Gasteiger partial charge in [-0.1, -0.05) is 0 Å². The zero-order valence-electron chi connectivity index (χ0n) is 7.91. The van der Waals surface area contributed by atoms with Crippen molar-refractivity contribution in [3.63, 3.8) is 0 Å². The summed E-state index contributed by atoms with van der Waals surface area (Å²) < 4.78 is 6.40. The number of nitrogens with zero attached hydrogens (tertiary/aromatic N) is 4. The van der Waals surface area contributed by atoms with Crippen LogP contribution in [-0.4, -0.2) is 31.0 Å². The molecule has 0 saturated carbocycles. The van der Waals surface area contributed by atoms with E-state index in [-0.39, 0.29) is 11.7 Å². The van der Waals surface area contributed by atoms with Crippen LogP contribution in [0.4, 0.5) is 0 Å². The van der Waals surface area contributed by atoms with Gasteiger partial charge in [0.2, 0.25) is 5.89 Å². The first-order valence-electron chi connectivity index (χ1n) is 4.18. The SMILES string of the molecule is Cn1cc(Cc2nc(C(=O)O)no2)cn1. The number of hydrogen-bond donors (Lipinski definition) is 1. The smallest absolute Gasteiger partial charge is 0.377 e. The summed E-state index contributed by atoms with van der Waals surface area (Å²) in [5.41, 5.74) is 0.887. The lowest BCUT2D eigenvalue weighted by atomic mass is 10.2. The van der Waals surface area contributed by atoms with Crippen molar-refractivity contribution < 1.29 is 14.4 Å². The van der Waals surface area contributed by atoms with Gasteiger partial charge in [-0.15, -0.1) is 0 Å². The Morgan fingerprint density at radius 3 is 3.00 bits per heavy atom. The number of carbonyl (C=O) groups is 1. The highest BCUT2D eigenvalue weighted by atomic mass is 16.5. The molecule has 2 heterocycles. The van der Waals surface area contributed by atoms with Gasteiger partial charge < -0.3 is 9.63 Å². The van der Waals surface area contributed by atoms with E-state index in [9.17, 15) is 4.79 Å². The normalized spacial score (nSPS) is 10.5. The van der Waals surface area contributed by atoms with Crippen molar-refractivity contribution >= 4 is 5.97 Å². The molecule has 78 valence electrons. The average Bonchev–Trinajstić information content (AvgIpc) is 2.76. The molecule has 0 aliphatic heterocycles. The maximum atomic E-state index is 10.5. The lowest BCUT2D eigenvalue weighted by molar-refractivity contribution is 0.0680. The largest absolute Gasteiger partial charge is 0.475 e. The highest BCUT2D eigenvalue weighted by molar-refractivity contribution is 5.82. The van der Waals surface area contributed by atoms with Crippen molar-refractivity contribution in [1.29, 1.82) is 0 Å². The standard InChI is InChI=1S/C8H8N4O3/c1-12-4-5(3-9-12)2-6-10-7(8(13)14)11-15-6/h3-4H,2H2,1H3,(H,13,14). The van der Waals surface area contributed by atoms with Crippen LogP contribution < -0.4 is 0 Å². The zero-order valence-corrected chi connectivity index (χ0v) is 7.91. The van der Waals surface area contributed by atoms with Gasteiger partial charge in [0.1, 0.15) is 0 Å². The molecule has 7 heteroatoms. The maximum Gasteiger partial charge on any atom is 0.377 e. The summed E-state index contributed by atoms with van der Waals surface area (Å²) in [6, 6.07) is 0. The number of hydrogen-bond acceptors (Lipinski definition) is 5. The molecule has 0 aromatic carbocycles. The molecular weight excluding hydrogens is 200 g/mol. The first-order chi connectivity index (χ1) is 7.15. The number of aryl methyl sites for hydroxylation is 1. The summed E-state index contributed by atoms with van der Waals surface area (Å²) in [6.45, 7) is 0. The van der Waals surface area contributed by atoms with Gasteiger partial charge >= 0.3 is 5.97 Å². The van der Waals surface area contributed by atoms with Crippen molar-refractivity contribution in [3.8, 4) is 0 Å². The van der Waals surface area contributed by atoms with Gasteiger partial charge in [0.25, 0.3) is 5.82 Å². The quantitative estimate of drug-likeness (QED) is 0.768. The Bertz CT molecular complexity index is 488. The predicted molar refractivity (Wildman–Crippen MR) is 47.3 cm³/mol. The first kappa shape index (κ1) is 9.38. The number of carboxylic acid groups (broad SMARTS) is 1. The van der Waals surface area contributed by atoms with E-state index >= 15 is 0 Å². The van der Waals surface area contributed by atoms with E-state index in [1.165, 1.54) is 0 Å². The maximum absolute atomic E-state index is 10.5. The van der Waals surface area contributed by atoms with Gasteiger partial charge in [-0.3, -0.25) is 4.68 Å². The highest BCUT2D eigenvalue weighted by Crippen LogP contribution is 2.06. The summed E-state index contributed by atoms with van der Waals surface area (Å²) in [5.74, 6) is -1.26. The Morgan fingerprint density at radius 2 is 2.47 bits per heavy atom. The minimum Gasteiger partial charge on any atom is -0.475 e. The van der Waals surface area contributed by atoms with Crippen LogP contribution in [0.15, 0.2) is 16.9 Å². The number of aromatic carboxylic acids is 1. The number of aromatic nitrogens is 4. The molecule has 1 N–H and O–H groups in total. The van der Waals surface area contributed by atoms with E-state index in [1.807, 2.05) is 0 Å². The zero-order chi connectivity index (χ0) is 10.8. The minimum atomic E-state index is -1.20. The highest BCUT2D eigenvalue weighted by Gasteiger charge is 2.13. The Balaban J connectivity index is 2.14. The van der Waals surface area contributed by atoms with Crippen LogP contribution >= 0.6 is 0 Å². The Hall–Kier alpha value is -2.18. The van der Waals surface area contributed by atoms with Gasteiger partial charge in [-0.05, 0) is 10.7 Å². The van der Waals surface area contributed by atoms with E-state index in [2.05, 4.69) is 15.2 Å². The molecule has 0 aliphatic carbocycles. The van der Waals surface area contributed by atoms with Crippen molar-refractivity contribution in [3.05, 3.63) is 29.7 Å². The van der Waals surface area contributed by atoms with E-state index in [1.54, 1.807) is 24.1 Å². The van der Waals surface area contributed by atoms with Gasteiger partial charge in [0.05, 0.1) is 12.6 Å². The summed E-state index contributed by atoms with van der Waals surface area (Å²) in [6.07, 6.45) is 3.84. The lowest BCUT2D eigenvalue weighted by Crippen LogP contribution is -1.98. The molecule has 0 bridgehead atoms. The van der Waals surface area contributed by atoms with Crippen LogP contribution in [0, 0.1) is 0 Å². The van der Waals surface area contributed by atoms with Crippen molar-refractivity contribution in [2.24, 2.45) is 7.05 Å². The first-order valence-corrected chi connectivity index (χ1v) is 4.18. The van der Waals surface area contributed by atoms with Gasteiger partial charge in [-0.2, -0.15) is 10.1 Å². The molecule has 0 saturated heterocycles. The van der Waals surface area contributed by atoms with Gasteiger partial charge in [0, 0.05) is 13.2 Å². The molecule has 15 heavy (non-hydrogen) atoms. The van der Waals surface area contributed by atoms with E-state index in [4.69, 9.17) is 9.63 Å². The van der Waals surface area contributed by atoms with E-state index < -0.39 is 5.97 Å². The molecular formula is C8H8N4O3. The van der Waals surface area contributed by atoms with Gasteiger partial charge in [-0.25, -0.2) is 4.79 Å². The van der Waals surface area contributed by atoms with Crippen LogP contribution in [0.5, 0.6) is 0 Å². The minimum absolute atomic E-state index is 0.264.